The summed E-state index contributed by atoms with van der Waals surface area (Å²) in [7, 11) is 4.27. The van der Waals surface area contributed by atoms with Gasteiger partial charge in [-0.05, 0) is 59.7 Å². The zero-order valence-corrected chi connectivity index (χ0v) is 19.9. The van der Waals surface area contributed by atoms with Crippen LogP contribution in [0.15, 0.2) is 48.5 Å². The van der Waals surface area contributed by atoms with E-state index in [-0.39, 0.29) is 14.9 Å². The van der Waals surface area contributed by atoms with Gasteiger partial charge in [-0.3, -0.25) is 0 Å². The number of anilines is 2. The summed E-state index contributed by atoms with van der Waals surface area (Å²) in [5.41, 5.74) is 2.55. The van der Waals surface area contributed by atoms with Crippen LogP contribution >= 0.6 is 0 Å². The van der Waals surface area contributed by atoms with Gasteiger partial charge in [0.1, 0.15) is 0 Å². The molecule has 3 aromatic carbocycles. The zero-order valence-electron chi connectivity index (χ0n) is 19.9. The molecule has 0 amide bonds. The summed E-state index contributed by atoms with van der Waals surface area (Å²) in [6, 6.07) is 18.0. The summed E-state index contributed by atoms with van der Waals surface area (Å²) < 4.78 is 0. The lowest BCUT2D eigenvalue weighted by Crippen LogP contribution is -2.15. The van der Waals surface area contributed by atoms with Crippen molar-refractivity contribution >= 4 is 32.9 Å². The molecule has 0 aromatic heterocycles. The number of nitrogens with zero attached hydrogens (tertiary/aromatic N) is 2. The largest absolute Gasteiger partial charge is 0.375 e. The van der Waals surface area contributed by atoms with Gasteiger partial charge in [-0.15, -0.1) is 0 Å². The van der Waals surface area contributed by atoms with Crippen molar-refractivity contribution in [3.05, 3.63) is 48.5 Å². The second-order valence-electron chi connectivity index (χ2n) is 5.90. The summed E-state index contributed by atoms with van der Waals surface area (Å²) in [6.07, 6.45) is 0. The van der Waals surface area contributed by atoms with E-state index in [1.807, 2.05) is 41.5 Å². The van der Waals surface area contributed by atoms with Crippen LogP contribution in [-0.2, 0) is 0 Å². The maximum absolute atomic E-state index is 2.28. The van der Waals surface area contributed by atoms with Gasteiger partial charge >= 0.3 is 0 Å². The van der Waals surface area contributed by atoms with Gasteiger partial charge < -0.3 is 9.80 Å². The molecular weight excluding hydrogens is 364 g/mol. The minimum Gasteiger partial charge on any atom is -0.375 e. The van der Waals surface area contributed by atoms with Gasteiger partial charge in [0.05, 0.1) is 0 Å². The first-order chi connectivity index (χ1) is 13.6. The van der Waals surface area contributed by atoms with Crippen LogP contribution in [0.3, 0.4) is 0 Å². The Bertz CT molecular complexity index is 739. The maximum Gasteiger partial charge on any atom is 0.0369 e. The van der Waals surface area contributed by atoms with Crippen molar-refractivity contribution in [2.45, 2.75) is 70.2 Å². The smallest absolute Gasteiger partial charge is 0.0369 e. The highest BCUT2D eigenvalue weighted by atomic mass is 15.1. The molecule has 2 nitrogen and oxygen atoms in total. The van der Waals surface area contributed by atoms with Crippen molar-refractivity contribution in [3.8, 4) is 0 Å². The predicted octanol–water partition coefficient (Wildman–Crippen LogP) is 9.26. The average Bonchev–Trinajstić information content (AvgIpc) is 2.81. The molecule has 0 unspecified atom stereocenters. The fourth-order valence-electron chi connectivity index (χ4n) is 2.89. The van der Waals surface area contributed by atoms with Crippen LogP contribution in [0.25, 0.3) is 21.5 Å². The molecule has 0 aliphatic rings. The first-order valence-corrected chi connectivity index (χ1v) is 11.0. The Labute approximate surface area is 188 Å². The Hall–Kier alpha value is -2.22. The fraction of sp³-hybridized carbons (Fsp3) is 0.500. The standard InChI is InChI=1S/C20H24N2.3C2H6.2CH4/c1-5-21(3)17-9-11-19-15(13-17)7-8-16-14-18(22(4)6-2)10-12-20(16)19;3*1-2;;/h7-14H,5-6H2,1-4H3;3*1-2H3;2*1H4. The number of hydrogen-bond acceptors (Lipinski definition) is 2. The molecule has 0 radical (unpaired) electrons. The molecule has 0 atom stereocenters. The molecular formula is C28H50N2. The van der Waals surface area contributed by atoms with Crippen LogP contribution in [0, 0.1) is 0 Å². The van der Waals surface area contributed by atoms with Crippen molar-refractivity contribution in [2.24, 2.45) is 0 Å². The maximum atomic E-state index is 2.28. The lowest BCUT2D eigenvalue weighted by molar-refractivity contribution is 0.969. The molecule has 0 heterocycles. The van der Waals surface area contributed by atoms with Crippen LogP contribution < -0.4 is 9.80 Å². The van der Waals surface area contributed by atoms with Crippen LogP contribution in [0.4, 0.5) is 11.4 Å². The first kappa shape index (κ1) is 32.4. The Kier molecular flexibility index (Phi) is 19.1. The molecule has 172 valence electrons. The quantitative estimate of drug-likeness (QED) is 0.392. The van der Waals surface area contributed by atoms with Gasteiger partial charge in [-0.25, -0.2) is 0 Å². The minimum atomic E-state index is 0. The van der Waals surface area contributed by atoms with E-state index in [1.165, 1.54) is 32.9 Å². The van der Waals surface area contributed by atoms with Crippen molar-refractivity contribution in [1.29, 1.82) is 0 Å². The Morgan fingerprint density at radius 3 is 1.10 bits per heavy atom. The molecule has 0 saturated carbocycles. The molecule has 0 aliphatic carbocycles. The van der Waals surface area contributed by atoms with Crippen LogP contribution in [0.2, 0.25) is 0 Å². The summed E-state index contributed by atoms with van der Waals surface area (Å²) in [4.78, 5) is 4.53. The molecule has 2 heteroatoms. The minimum absolute atomic E-state index is 0. The Morgan fingerprint density at radius 2 is 0.833 bits per heavy atom. The molecule has 0 bridgehead atoms. The highest BCUT2D eigenvalue weighted by Gasteiger charge is 2.06. The fourth-order valence-corrected chi connectivity index (χ4v) is 2.89. The second kappa shape index (κ2) is 17.6. The molecule has 3 aromatic rings. The van der Waals surface area contributed by atoms with Crippen LogP contribution in [0.5, 0.6) is 0 Å². The lowest BCUT2D eigenvalue weighted by Gasteiger charge is -2.19. The predicted molar refractivity (Wildman–Crippen MR) is 147 cm³/mol. The average molecular weight is 415 g/mol. The highest BCUT2D eigenvalue weighted by molar-refractivity contribution is 6.09. The lowest BCUT2D eigenvalue weighted by atomic mass is 10.0. The van der Waals surface area contributed by atoms with Gasteiger partial charge in [0.15, 0.2) is 0 Å². The zero-order chi connectivity index (χ0) is 21.7. The van der Waals surface area contributed by atoms with E-state index in [4.69, 9.17) is 0 Å². The van der Waals surface area contributed by atoms with E-state index in [0.717, 1.165) is 13.1 Å². The summed E-state index contributed by atoms with van der Waals surface area (Å²) >= 11 is 0. The molecule has 3 rings (SSSR count). The number of hydrogen-bond donors (Lipinski definition) is 0. The van der Waals surface area contributed by atoms with E-state index in [2.05, 4.69) is 86.3 Å². The normalized spacial score (nSPS) is 8.73. The van der Waals surface area contributed by atoms with Crippen LogP contribution in [0.1, 0.15) is 70.2 Å². The molecule has 0 saturated heterocycles. The van der Waals surface area contributed by atoms with E-state index in [0.29, 0.717) is 0 Å². The Morgan fingerprint density at radius 1 is 0.533 bits per heavy atom. The summed E-state index contributed by atoms with van der Waals surface area (Å²) in [5.74, 6) is 0. The van der Waals surface area contributed by atoms with E-state index >= 15 is 0 Å². The van der Waals surface area contributed by atoms with E-state index in [1.54, 1.807) is 0 Å². The highest BCUT2D eigenvalue weighted by Crippen LogP contribution is 2.30. The van der Waals surface area contributed by atoms with Crippen molar-refractivity contribution in [3.63, 3.8) is 0 Å². The first-order valence-electron chi connectivity index (χ1n) is 11.0. The van der Waals surface area contributed by atoms with Gasteiger partial charge in [-0.1, -0.05) is 80.7 Å². The molecule has 0 spiro atoms. The topological polar surface area (TPSA) is 6.48 Å². The molecule has 0 fully saturated rings. The number of fused-ring (bicyclic) bond motifs is 3. The number of rotatable bonds is 4. The van der Waals surface area contributed by atoms with Gasteiger partial charge in [0.2, 0.25) is 0 Å². The third-order valence-electron chi connectivity index (χ3n) is 4.63. The Balaban J connectivity index is -0.000000839. The molecule has 0 N–H and O–H groups in total. The monoisotopic (exact) mass is 414 g/mol. The summed E-state index contributed by atoms with van der Waals surface area (Å²) in [6.45, 7) is 18.4. The van der Waals surface area contributed by atoms with Crippen LogP contribution in [-0.4, -0.2) is 27.2 Å². The third kappa shape index (κ3) is 7.89. The molecule has 0 aliphatic heterocycles. The van der Waals surface area contributed by atoms with Crippen molar-refractivity contribution < 1.29 is 0 Å². The van der Waals surface area contributed by atoms with E-state index in [9.17, 15) is 0 Å². The SMILES string of the molecule is C.C.CC.CC.CC.CCN(C)c1ccc2c(ccc3cc(N(C)CC)ccc32)c1. The van der Waals surface area contributed by atoms with Gasteiger partial charge in [0.25, 0.3) is 0 Å². The molecule has 30 heavy (non-hydrogen) atoms. The second-order valence-corrected chi connectivity index (χ2v) is 5.90. The number of benzene rings is 3. The van der Waals surface area contributed by atoms with Crippen molar-refractivity contribution in [2.75, 3.05) is 37.0 Å². The van der Waals surface area contributed by atoms with Gasteiger partial charge in [0, 0.05) is 38.6 Å². The third-order valence-corrected chi connectivity index (χ3v) is 4.63. The van der Waals surface area contributed by atoms with E-state index < -0.39 is 0 Å². The van der Waals surface area contributed by atoms with Gasteiger partial charge in [-0.2, -0.15) is 0 Å². The van der Waals surface area contributed by atoms with Crippen molar-refractivity contribution in [1.82, 2.24) is 0 Å². The summed E-state index contributed by atoms with van der Waals surface area (Å²) in [5, 5.41) is 5.27.